The van der Waals surface area contributed by atoms with E-state index >= 15 is 0 Å². The van der Waals surface area contributed by atoms with Crippen molar-refractivity contribution >= 4 is 17.7 Å². The Morgan fingerprint density at radius 3 is 2.65 bits per heavy atom. The van der Waals surface area contributed by atoms with Crippen LogP contribution < -0.4 is 4.74 Å². The summed E-state index contributed by atoms with van der Waals surface area (Å²) in [5.41, 5.74) is 0. The van der Waals surface area contributed by atoms with Crippen molar-refractivity contribution in [3.05, 3.63) is 24.0 Å². The van der Waals surface area contributed by atoms with Crippen molar-refractivity contribution in [2.24, 2.45) is 0 Å². The van der Waals surface area contributed by atoms with E-state index in [9.17, 15) is 9.18 Å². The van der Waals surface area contributed by atoms with Crippen LogP contribution in [-0.4, -0.2) is 22.9 Å². The molecule has 94 valence electrons. The maximum absolute atomic E-state index is 13.4. The van der Waals surface area contributed by atoms with Gasteiger partial charge in [-0.1, -0.05) is 0 Å². The van der Waals surface area contributed by atoms with Crippen molar-refractivity contribution in [2.75, 3.05) is 7.11 Å². The number of carboxylic acids is 1. The van der Waals surface area contributed by atoms with Crippen LogP contribution in [0.4, 0.5) is 4.39 Å². The molecule has 0 aliphatic heterocycles. The van der Waals surface area contributed by atoms with Crippen LogP contribution in [0.1, 0.15) is 20.3 Å². The van der Waals surface area contributed by atoms with Gasteiger partial charge >= 0.3 is 5.97 Å². The number of aliphatic carboxylic acids is 1. The first-order valence-corrected chi connectivity index (χ1v) is 5.90. The molecule has 0 aliphatic carbocycles. The zero-order valence-corrected chi connectivity index (χ0v) is 10.8. The number of halogens is 1. The zero-order chi connectivity index (χ0) is 13.1. The van der Waals surface area contributed by atoms with E-state index in [-0.39, 0.29) is 12.2 Å². The van der Waals surface area contributed by atoms with Gasteiger partial charge in [-0.15, -0.1) is 11.8 Å². The summed E-state index contributed by atoms with van der Waals surface area (Å²) in [6.45, 7) is 3.63. The average molecular weight is 258 g/mol. The van der Waals surface area contributed by atoms with Crippen LogP contribution in [0.3, 0.4) is 0 Å². The summed E-state index contributed by atoms with van der Waals surface area (Å²) >= 11 is 1.33. The first-order valence-electron chi connectivity index (χ1n) is 5.08. The van der Waals surface area contributed by atoms with Gasteiger partial charge in [0.1, 0.15) is 0 Å². The lowest BCUT2D eigenvalue weighted by molar-refractivity contribution is -0.137. The second-order valence-corrected chi connectivity index (χ2v) is 6.01. The Morgan fingerprint density at radius 2 is 2.18 bits per heavy atom. The Labute approximate surface area is 104 Å². The topological polar surface area (TPSA) is 46.5 Å². The SMILES string of the molecule is COc1ccc(SC(C)(C)CC(=O)O)cc1F. The number of carboxylic acid groups (broad SMARTS) is 1. The summed E-state index contributed by atoms with van der Waals surface area (Å²) in [5.74, 6) is -1.12. The molecule has 1 N–H and O–H groups in total. The van der Waals surface area contributed by atoms with E-state index in [2.05, 4.69) is 0 Å². The Balaban J connectivity index is 2.81. The van der Waals surface area contributed by atoms with Crippen LogP contribution in [0.25, 0.3) is 0 Å². The maximum Gasteiger partial charge on any atom is 0.304 e. The predicted molar refractivity (Wildman–Crippen MR) is 65.1 cm³/mol. The van der Waals surface area contributed by atoms with Crippen molar-refractivity contribution in [2.45, 2.75) is 29.9 Å². The normalized spacial score (nSPS) is 11.3. The van der Waals surface area contributed by atoms with Gasteiger partial charge in [0.05, 0.1) is 13.5 Å². The van der Waals surface area contributed by atoms with Gasteiger partial charge in [0.25, 0.3) is 0 Å². The highest BCUT2D eigenvalue weighted by Gasteiger charge is 2.23. The van der Waals surface area contributed by atoms with Crippen LogP contribution in [0.5, 0.6) is 5.75 Å². The first-order chi connectivity index (χ1) is 7.84. The largest absolute Gasteiger partial charge is 0.494 e. The number of rotatable bonds is 5. The van der Waals surface area contributed by atoms with Crippen LogP contribution in [0, 0.1) is 5.82 Å². The van der Waals surface area contributed by atoms with E-state index in [0.717, 1.165) is 0 Å². The monoisotopic (exact) mass is 258 g/mol. The molecule has 0 amide bonds. The average Bonchev–Trinajstić information content (AvgIpc) is 2.14. The number of methoxy groups -OCH3 is 1. The first kappa shape index (κ1) is 13.8. The fourth-order valence-corrected chi connectivity index (χ4v) is 2.56. The third-order valence-electron chi connectivity index (χ3n) is 2.09. The summed E-state index contributed by atoms with van der Waals surface area (Å²) in [7, 11) is 1.40. The fourth-order valence-electron chi connectivity index (χ4n) is 1.43. The lowest BCUT2D eigenvalue weighted by Crippen LogP contribution is -2.19. The minimum absolute atomic E-state index is 0.0192. The minimum atomic E-state index is -0.864. The summed E-state index contributed by atoms with van der Waals surface area (Å²) in [6.07, 6.45) is 0.0192. The molecule has 0 saturated heterocycles. The van der Waals surface area contributed by atoms with Crippen LogP contribution in [0.2, 0.25) is 0 Å². The molecule has 0 aromatic heterocycles. The van der Waals surface area contributed by atoms with E-state index in [1.807, 2.05) is 13.8 Å². The van der Waals surface area contributed by atoms with Crippen LogP contribution >= 0.6 is 11.8 Å². The van der Waals surface area contributed by atoms with E-state index in [1.165, 1.54) is 31.0 Å². The van der Waals surface area contributed by atoms with Crippen molar-refractivity contribution in [3.63, 3.8) is 0 Å². The molecular formula is C12H15FO3S. The molecule has 0 aliphatic rings. The van der Waals surface area contributed by atoms with Crippen LogP contribution in [-0.2, 0) is 4.79 Å². The molecule has 3 nitrogen and oxygen atoms in total. The number of hydrogen-bond donors (Lipinski definition) is 1. The van der Waals surface area contributed by atoms with Gasteiger partial charge in [-0.25, -0.2) is 4.39 Å². The summed E-state index contributed by atoms with van der Waals surface area (Å²) in [5, 5.41) is 8.76. The van der Waals surface area contributed by atoms with Crippen molar-refractivity contribution in [1.29, 1.82) is 0 Å². The highest BCUT2D eigenvalue weighted by atomic mass is 32.2. The van der Waals surface area contributed by atoms with Gasteiger partial charge in [-0.2, -0.15) is 0 Å². The standard InChI is InChI=1S/C12H15FO3S/c1-12(2,7-11(14)15)17-8-4-5-10(16-3)9(13)6-8/h4-6H,7H2,1-3H3,(H,14,15). The number of hydrogen-bond acceptors (Lipinski definition) is 3. The third-order valence-corrected chi connectivity index (χ3v) is 3.28. The van der Waals surface area contributed by atoms with Gasteiger partial charge in [0.2, 0.25) is 0 Å². The highest BCUT2D eigenvalue weighted by molar-refractivity contribution is 8.00. The molecular weight excluding hydrogens is 243 g/mol. The Kier molecular flexibility index (Phi) is 4.40. The van der Waals surface area contributed by atoms with Gasteiger partial charge in [0, 0.05) is 9.64 Å². The van der Waals surface area contributed by atoms with E-state index in [1.54, 1.807) is 6.07 Å². The molecule has 5 heteroatoms. The van der Waals surface area contributed by atoms with Crippen molar-refractivity contribution in [3.8, 4) is 5.75 Å². The molecule has 1 aromatic rings. The quantitative estimate of drug-likeness (QED) is 0.824. The molecule has 0 spiro atoms. The molecule has 1 rings (SSSR count). The zero-order valence-electron chi connectivity index (χ0n) is 9.99. The van der Waals surface area contributed by atoms with Crippen LogP contribution in [0.15, 0.2) is 23.1 Å². The van der Waals surface area contributed by atoms with Gasteiger partial charge < -0.3 is 9.84 Å². The molecule has 1 aromatic carbocycles. The highest BCUT2D eigenvalue weighted by Crippen LogP contribution is 2.36. The van der Waals surface area contributed by atoms with E-state index in [0.29, 0.717) is 4.90 Å². The molecule has 17 heavy (non-hydrogen) atoms. The Morgan fingerprint density at radius 1 is 1.53 bits per heavy atom. The van der Waals surface area contributed by atoms with Crippen molar-refractivity contribution < 1.29 is 19.0 Å². The molecule has 0 bridgehead atoms. The summed E-state index contributed by atoms with van der Waals surface area (Å²) < 4.78 is 17.8. The fraction of sp³-hybridized carbons (Fsp3) is 0.417. The molecule has 0 saturated carbocycles. The van der Waals surface area contributed by atoms with Gasteiger partial charge in [-0.05, 0) is 32.0 Å². The van der Waals surface area contributed by atoms with E-state index in [4.69, 9.17) is 9.84 Å². The molecule has 0 radical (unpaired) electrons. The van der Waals surface area contributed by atoms with Gasteiger partial charge in [0.15, 0.2) is 11.6 Å². The third kappa shape index (κ3) is 4.26. The van der Waals surface area contributed by atoms with Crippen molar-refractivity contribution in [1.82, 2.24) is 0 Å². The van der Waals surface area contributed by atoms with E-state index < -0.39 is 16.5 Å². The predicted octanol–water partition coefficient (Wildman–Crippen LogP) is 3.18. The number of ether oxygens (including phenoxy) is 1. The number of carbonyl (C=O) groups is 1. The number of thioether (sulfide) groups is 1. The maximum atomic E-state index is 13.4. The lowest BCUT2D eigenvalue weighted by Gasteiger charge is -2.21. The number of benzene rings is 1. The van der Waals surface area contributed by atoms with Gasteiger partial charge in [-0.3, -0.25) is 4.79 Å². The molecule has 0 heterocycles. The molecule has 0 fully saturated rings. The second kappa shape index (κ2) is 5.40. The smallest absolute Gasteiger partial charge is 0.304 e. The minimum Gasteiger partial charge on any atom is -0.494 e. The summed E-state index contributed by atoms with van der Waals surface area (Å²) in [6, 6.07) is 4.61. The summed E-state index contributed by atoms with van der Waals surface area (Å²) in [4.78, 5) is 11.4. The second-order valence-electron chi connectivity index (χ2n) is 4.23. The Hall–Kier alpha value is -1.23. The molecule has 0 unspecified atom stereocenters. The lowest BCUT2D eigenvalue weighted by atomic mass is 10.1. The Bertz CT molecular complexity index is 418. The molecule has 0 atom stereocenters.